The third-order valence-electron chi connectivity index (χ3n) is 5.82. The van der Waals surface area contributed by atoms with E-state index < -0.39 is 5.60 Å². The second-order valence-electron chi connectivity index (χ2n) is 9.68. The molecule has 4 rings (SSSR count). The zero-order valence-corrected chi connectivity index (χ0v) is 21.8. The molecule has 4 aromatic heterocycles. The molecule has 0 saturated carbocycles. The maximum absolute atomic E-state index is 12.9. The monoisotopic (exact) mass is 493 g/mol. The Morgan fingerprint density at radius 2 is 1.97 bits per heavy atom. The first-order chi connectivity index (χ1) is 16.4. The van der Waals surface area contributed by atoms with E-state index in [0.29, 0.717) is 16.6 Å². The molecule has 0 spiro atoms. The number of H-pyrrole nitrogens is 1. The molecule has 0 bridgehead atoms. The summed E-state index contributed by atoms with van der Waals surface area (Å²) in [5.41, 5.74) is 3.76. The third-order valence-corrected chi connectivity index (χ3v) is 7.30. The summed E-state index contributed by atoms with van der Waals surface area (Å²) in [4.78, 5) is 34.7. The molecular weight excluding hydrogens is 462 g/mol. The van der Waals surface area contributed by atoms with Gasteiger partial charge in [0.25, 0.3) is 11.5 Å². The number of fused-ring (bicyclic) bond motifs is 1. The number of anilines is 2. The molecule has 4 aromatic rings. The summed E-state index contributed by atoms with van der Waals surface area (Å²) < 4.78 is 1.51. The van der Waals surface area contributed by atoms with Crippen molar-refractivity contribution in [1.82, 2.24) is 19.9 Å². The molecule has 35 heavy (non-hydrogen) atoms. The van der Waals surface area contributed by atoms with Gasteiger partial charge < -0.3 is 25.3 Å². The summed E-state index contributed by atoms with van der Waals surface area (Å²) in [6.45, 7) is 11.2. The van der Waals surface area contributed by atoms with E-state index in [4.69, 9.17) is 0 Å². The number of thiophene rings is 1. The van der Waals surface area contributed by atoms with Crippen LogP contribution in [0.2, 0.25) is 0 Å². The van der Waals surface area contributed by atoms with E-state index in [1.54, 1.807) is 39.4 Å². The quantitative estimate of drug-likeness (QED) is 0.311. The Labute approximate surface area is 208 Å². The van der Waals surface area contributed by atoms with Gasteiger partial charge in [0.1, 0.15) is 11.2 Å². The highest BCUT2D eigenvalue weighted by atomic mass is 32.1. The van der Waals surface area contributed by atoms with Gasteiger partial charge in [-0.3, -0.25) is 14.6 Å². The highest BCUT2D eigenvalue weighted by Crippen LogP contribution is 2.44. The van der Waals surface area contributed by atoms with E-state index in [0.717, 1.165) is 37.9 Å². The van der Waals surface area contributed by atoms with Crippen molar-refractivity contribution in [2.75, 3.05) is 5.32 Å². The summed E-state index contributed by atoms with van der Waals surface area (Å²) >= 11 is 1.45. The Kier molecular flexibility index (Phi) is 6.33. The fraction of sp³-hybridized carbons (Fsp3) is 0.346. The molecule has 0 aromatic carbocycles. The van der Waals surface area contributed by atoms with E-state index in [1.807, 2.05) is 39.8 Å². The molecule has 0 fully saturated rings. The highest BCUT2D eigenvalue weighted by molar-refractivity contribution is 7.16. The Morgan fingerprint density at radius 3 is 2.60 bits per heavy atom. The lowest BCUT2D eigenvalue weighted by molar-refractivity contribution is 0.0825. The first-order valence-electron chi connectivity index (χ1n) is 11.5. The summed E-state index contributed by atoms with van der Waals surface area (Å²) in [6.07, 6.45) is 3.55. The van der Waals surface area contributed by atoms with Gasteiger partial charge in [0, 0.05) is 41.3 Å². The molecule has 0 unspecified atom stereocenters. The van der Waals surface area contributed by atoms with Gasteiger partial charge >= 0.3 is 0 Å². The van der Waals surface area contributed by atoms with Crippen LogP contribution in [0.4, 0.5) is 11.4 Å². The number of aliphatic hydroxyl groups is 1. The second-order valence-corrected chi connectivity index (χ2v) is 10.7. The lowest BCUT2D eigenvalue weighted by Crippen LogP contribution is -2.30. The van der Waals surface area contributed by atoms with Crippen molar-refractivity contribution in [3.05, 3.63) is 62.8 Å². The average Bonchev–Trinajstić information content (AvgIpc) is 3.38. The molecule has 0 aliphatic carbocycles. The maximum Gasteiger partial charge on any atom is 0.274 e. The van der Waals surface area contributed by atoms with E-state index in [-0.39, 0.29) is 17.5 Å². The predicted molar refractivity (Wildman–Crippen MR) is 142 cm³/mol. The number of amides is 1. The van der Waals surface area contributed by atoms with Crippen LogP contribution in [0.3, 0.4) is 0 Å². The van der Waals surface area contributed by atoms with E-state index in [1.165, 1.54) is 15.9 Å². The van der Waals surface area contributed by atoms with E-state index in [9.17, 15) is 14.7 Å². The smallest absolute Gasteiger partial charge is 0.274 e. The van der Waals surface area contributed by atoms with Crippen LogP contribution in [-0.2, 0) is 12.6 Å². The Bertz CT molecular complexity index is 1470. The standard InChI is InChI=1S/C26H31N5O3S/c1-13(2)28-24(32)19-10-16-17(12-31(7)25(33)22(16)30-19)23-18(11-20(35-23)26(5,6)34)29-21-14(3)8-9-27-15(21)4/h8-13,29-30,34H,1-7H3,(H,28,32). The van der Waals surface area contributed by atoms with Crippen LogP contribution in [0.5, 0.6) is 0 Å². The van der Waals surface area contributed by atoms with Crippen molar-refractivity contribution in [2.45, 2.75) is 53.2 Å². The van der Waals surface area contributed by atoms with Crippen LogP contribution >= 0.6 is 11.3 Å². The van der Waals surface area contributed by atoms with Gasteiger partial charge in [-0.15, -0.1) is 11.3 Å². The van der Waals surface area contributed by atoms with Crippen LogP contribution < -0.4 is 16.2 Å². The summed E-state index contributed by atoms with van der Waals surface area (Å²) in [6, 6.07) is 5.55. The molecule has 8 nitrogen and oxygen atoms in total. The molecule has 4 heterocycles. The topological polar surface area (TPSA) is 112 Å². The molecule has 4 N–H and O–H groups in total. The molecule has 0 atom stereocenters. The van der Waals surface area contributed by atoms with Crippen molar-refractivity contribution in [3.63, 3.8) is 0 Å². The van der Waals surface area contributed by atoms with Crippen molar-refractivity contribution in [3.8, 4) is 10.4 Å². The number of carbonyl (C=O) groups excluding carboxylic acids is 1. The molecule has 9 heteroatoms. The van der Waals surface area contributed by atoms with Crippen LogP contribution in [0, 0.1) is 13.8 Å². The Hall–Kier alpha value is -3.43. The molecule has 0 aliphatic rings. The summed E-state index contributed by atoms with van der Waals surface area (Å²) in [5.74, 6) is -0.271. The zero-order chi connectivity index (χ0) is 25.7. The van der Waals surface area contributed by atoms with Crippen LogP contribution in [0.25, 0.3) is 21.3 Å². The first kappa shape index (κ1) is 24.7. The van der Waals surface area contributed by atoms with Crippen molar-refractivity contribution >= 4 is 39.5 Å². The maximum atomic E-state index is 12.9. The first-order valence-corrected chi connectivity index (χ1v) is 12.3. The van der Waals surface area contributed by atoms with Crippen LogP contribution in [0.1, 0.15) is 54.3 Å². The lowest BCUT2D eigenvalue weighted by Gasteiger charge is -2.14. The minimum Gasteiger partial charge on any atom is -0.385 e. The van der Waals surface area contributed by atoms with Gasteiger partial charge in [-0.25, -0.2) is 0 Å². The number of nitrogens with one attached hydrogen (secondary N) is 3. The SMILES string of the molecule is Cc1ccnc(C)c1Nc1cc(C(C)(C)O)sc1-c1cn(C)c(=O)c2[nH]c(C(=O)NC(C)C)cc12. The zero-order valence-electron chi connectivity index (χ0n) is 21.0. The molecular formula is C26H31N5O3S. The largest absolute Gasteiger partial charge is 0.385 e. The fourth-order valence-electron chi connectivity index (χ4n) is 3.98. The molecule has 0 aliphatic heterocycles. The van der Waals surface area contributed by atoms with Gasteiger partial charge in [-0.1, -0.05) is 0 Å². The Balaban J connectivity index is 1.96. The minimum absolute atomic E-state index is 0.0374. The number of rotatable bonds is 6. The summed E-state index contributed by atoms with van der Waals surface area (Å²) in [5, 5.41) is 17.8. The van der Waals surface area contributed by atoms with E-state index >= 15 is 0 Å². The fourth-order valence-corrected chi connectivity index (χ4v) is 5.12. The second kappa shape index (κ2) is 8.98. The number of hydrogen-bond acceptors (Lipinski definition) is 6. The normalized spacial score (nSPS) is 11.9. The van der Waals surface area contributed by atoms with Crippen molar-refractivity contribution in [1.29, 1.82) is 0 Å². The number of carbonyl (C=O) groups is 1. The minimum atomic E-state index is -1.06. The summed E-state index contributed by atoms with van der Waals surface area (Å²) in [7, 11) is 1.69. The third kappa shape index (κ3) is 4.74. The van der Waals surface area contributed by atoms with Gasteiger partial charge in [-0.2, -0.15) is 0 Å². The molecule has 1 amide bonds. The highest BCUT2D eigenvalue weighted by Gasteiger charge is 2.25. The Morgan fingerprint density at radius 1 is 1.26 bits per heavy atom. The van der Waals surface area contributed by atoms with Crippen molar-refractivity contribution in [2.24, 2.45) is 7.05 Å². The number of hydrogen-bond donors (Lipinski definition) is 4. The lowest BCUT2D eigenvalue weighted by atomic mass is 10.1. The number of nitrogens with zero attached hydrogens (tertiary/aromatic N) is 2. The number of aromatic nitrogens is 3. The van der Waals surface area contributed by atoms with Gasteiger partial charge in [0.05, 0.1) is 27.5 Å². The average molecular weight is 494 g/mol. The number of pyridine rings is 2. The van der Waals surface area contributed by atoms with Crippen LogP contribution in [-0.4, -0.2) is 31.6 Å². The van der Waals surface area contributed by atoms with Crippen LogP contribution in [0.15, 0.2) is 35.4 Å². The van der Waals surface area contributed by atoms with E-state index in [2.05, 4.69) is 20.6 Å². The van der Waals surface area contributed by atoms with Gasteiger partial charge in [0.15, 0.2) is 0 Å². The van der Waals surface area contributed by atoms with Gasteiger partial charge in [-0.05, 0) is 65.3 Å². The van der Waals surface area contributed by atoms with Gasteiger partial charge in [0.2, 0.25) is 0 Å². The number of aryl methyl sites for hydroxylation is 3. The molecule has 0 radical (unpaired) electrons. The predicted octanol–water partition coefficient (Wildman–Crippen LogP) is 4.72. The molecule has 0 saturated heterocycles. The van der Waals surface area contributed by atoms with Crippen molar-refractivity contribution < 1.29 is 9.90 Å². The number of aromatic amines is 1. The molecule has 184 valence electrons.